The van der Waals surface area contributed by atoms with E-state index in [4.69, 9.17) is 15.2 Å². The number of nitrogens with one attached hydrogen (secondary N) is 1. The molecular weight excluding hydrogens is 542 g/mol. The first-order valence-electron chi connectivity index (χ1n) is 12.9. The molecule has 0 spiro atoms. The third-order valence-corrected chi connectivity index (χ3v) is 7.61. The van der Waals surface area contributed by atoms with Gasteiger partial charge >= 0.3 is 6.18 Å². The Bertz CT molecular complexity index is 1550. The molecule has 1 unspecified atom stereocenters. The maximum Gasteiger partial charge on any atom is 0.398 e. The quantitative estimate of drug-likeness (QED) is 0.397. The molecule has 0 bridgehead atoms. The molecule has 0 saturated heterocycles. The predicted molar refractivity (Wildman–Crippen MR) is 143 cm³/mol. The summed E-state index contributed by atoms with van der Waals surface area (Å²) < 4.78 is 67.9. The summed E-state index contributed by atoms with van der Waals surface area (Å²) in [4.78, 5) is 29.6. The summed E-state index contributed by atoms with van der Waals surface area (Å²) in [5, 5.41) is 2.42. The van der Waals surface area contributed by atoms with Crippen LogP contribution in [0.25, 0.3) is 17.3 Å². The summed E-state index contributed by atoms with van der Waals surface area (Å²) in [6.45, 7) is 0.497. The molecule has 2 aliphatic rings. The number of aromatic nitrogens is 1. The van der Waals surface area contributed by atoms with Gasteiger partial charge in [-0.25, -0.2) is 9.37 Å². The number of nitrogens with zero attached hydrogens (tertiary/aromatic N) is 1. The van der Waals surface area contributed by atoms with Crippen LogP contribution in [0.4, 0.5) is 17.6 Å². The van der Waals surface area contributed by atoms with Crippen molar-refractivity contribution < 1.29 is 36.6 Å². The fraction of sp³-hybridized carbons (Fsp3) is 0.300. The zero-order valence-electron chi connectivity index (χ0n) is 22.3. The Morgan fingerprint density at radius 1 is 1.15 bits per heavy atom. The number of amides is 2. The SMILES string of the molecule is COc1ccc2c(c1)CCC(C(=O)NCC(c1cc3c(c(-c4ccc(F)cc4)n1)OC[C@]3(C)C(N)=O)C(F)(F)F)=C2. The molecule has 11 heteroatoms. The molecule has 1 aliphatic carbocycles. The van der Waals surface area contributed by atoms with Gasteiger partial charge in [0.25, 0.3) is 0 Å². The van der Waals surface area contributed by atoms with Crippen LogP contribution < -0.4 is 20.5 Å². The minimum atomic E-state index is -4.80. The molecule has 214 valence electrons. The van der Waals surface area contributed by atoms with Gasteiger partial charge in [-0.3, -0.25) is 9.59 Å². The predicted octanol–water partition coefficient (Wildman–Crippen LogP) is 4.82. The van der Waals surface area contributed by atoms with Crippen LogP contribution in [0.3, 0.4) is 0 Å². The van der Waals surface area contributed by atoms with E-state index >= 15 is 0 Å². The van der Waals surface area contributed by atoms with Crippen molar-refractivity contribution in [1.29, 1.82) is 0 Å². The van der Waals surface area contributed by atoms with E-state index in [1.165, 1.54) is 19.1 Å². The van der Waals surface area contributed by atoms with Gasteiger partial charge in [0.05, 0.1) is 12.8 Å². The molecule has 41 heavy (non-hydrogen) atoms. The molecular formula is C30H27F4N3O4. The van der Waals surface area contributed by atoms with Crippen LogP contribution >= 0.6 is 0 Å². The molecule has 0 radical (unpaired) electrons. The summed E-state index contributed by atoms with van der Waals surface area (Å²) in [6, 6.07) is 11.6. The number of halogens is 4. The number of fused-ring (bicyclic) bond motifs is 2. The molecule has 2 heterocycles. The fourth-order valence-electron chi connectivity index (χ4n) is 5.06. The largest absolute Gasteiger partial charge is 0.497 e. The second-order valence-corrected chi connectivity index (χ2v) is 10.3. The Hall–Kier alpha value is -4.41. The van der Waals surface area contributed by atoms with Gasteiger partial charge in [0.2, 0.25) is 11.8 Å². The normalized spacial score (nSPS) is 18.4. The Morgan fingerprint density at radius 3 is 2.54 bits per heavy atom. The molecule has 0 saturated carbocycles. The molecule has 5 rings (SSSR count). The minimum absolute atomic E-state index is 0.0186. The summed E-state index contributed by atoms with van der Waals surface area (Å²) in [5.41, 5.74) is 6.37. The van der Waals surface area contributed by atoms with E-state index in [1.54, 1.807) is 25.3 Å². The van der Waals surface area contributed by atoms with Crippen LogP contribution in [0.5, 0.6) is 11.5 Å². The van der Waals surface area contributed by atoms with Crippen LogP contribution in [0.15, 0.2) is 54.1 Å². The van der Waals surface area contributed by atoms with Gasteiger partial charge in [0.15, 0.2) is 0 Å². The van der Waals surface area contributed by atoms with Crippen LogP contribution in [-0.2, 0) is 21.4 Å². The highest BCUT2D eigenvalue weighted by atomic mass is 19.4. The summed E-state index contributed by atoms with van der Waals surface area (Å²) in [5.74, 6) is -3.37. The van der Waals surface area contributed by atoms with Crippen molar-refractivity contribution in [3.63, 3.8) is 0 Å². The number of ether oxygens (including phenoxy) is 2. The number of nitrogens with two attached hydrogens (primary N) is 1. The summed E-state index contributed by atoms with van der Waals surface area (Å²) in [6.07, 6.45) is -2.26. The average molecular weight is 570 g/mol. The Labute approximate surface area is 233 Å². The summed E-state index contributed by atoms with van der Waals surface area (Å²) in [7, 11) is 1.55. The van der Waals surface area contributed by atoms with Gasteiger partial charge in [0.1, 0.15) is 40.9 Å². The lowest BCUT2D eigenvalue weighted by molar-refractivity contribution is -0.151. The number of rotatable bonds is 7. The first-order chi connectivity index (χ1) is 19.4. The monoisotopic (exact) mass is 569 g/mol. The van der Waals surface area contributed by atoms with E-state index in [0.29, 0.717) is 29.7 Å². The van der Waals surface area contributed by atoms with Crippen molar-refractivity contribution >= 4 is 17.9 Å². The lowest BCUT2D eigenvalue weighted by Gasteiger charge is -2.24. The molecule has 1 aliphatic heterocycles. The Balaban J connectivity index is 1.49. The number of alkyl halides is 3. The molecule has 0 fully saturated rings. The highest BCUT2D eigenvalue weighted by Gasteiger charge is 2.47. The molecule has 1 aromatic heterocycles. The Morgan fingerprint density at radius 2 is 1.88 bits per heavy atom. The number of methoxy groups -OCH3 is 1. The number of hydrogen-bond donors (Lipinski definition) is 2. The molecule has 7 nitrogen and oxygen atoms in total. The van der Waals surface area contributed by atoms with E-state index < -0.39 is 47.4 Å². The van der Waals surface area contributed by atoms with Crippen molar-refractivity contribution in [3.8, 4) is 22.8 Å². The third kappa shape index (κ3) is 5.36. The second-order valence-electron chi connectivity index (χ2n) is 10.3. The lowest BCUT2D eigenvalue weighted by Crippen LogP contribution is -2.40. The zero-order chi connectivity index (χ0) is 29.5. The molecule has 2 atom stereocenters. The molecule has 3 N–H and O–H groups in total. The van der Waals surface area contributed by atoms with Crippen LogP contribution in [0.2, 0.25) is 0 Å². The number of pyridine rings is 1. The number of carbonyl (C=O) groups excluding carboxylic acids is 2. The van der Waals surface area contributed by atoms with Gasteiger partial charge in [-0.2, -0.15) is 13.2 Å². The fourth-order valence-corrected chi connectivity index (χ4v) is 5.06. The highest BCUT2D eigenvalue weighted by molar-refractivity contribution is 5.98. The van der Waals surface area contributed by atoms with Gasteiger partial charge in [-0.05, 0) is 79.4 Å². The van der Waals surface area contributed by atoms with Crippen LogP contribution in [-0.4, -0.2) is 43.2 Å². The van der Waals surface area contributed by atoms with E-state index in [9.17, 15) is 27.2 Å². The number of primary amides is 1. The van der Waals surface area contributed by atoms with Crippen molar-refractivity contribution in [1.82, 2.24) is 10.3 Å². The zero-order valence-corrected chi connectivity index (χ0v) is 22.3. The van der Waals surface area contributed by atoms with Crippen LogP contribution in [0.1, 0.15) is 41.6 Å². The third-order valence-electron chi connectivity index (χ3n) is 7.61. The number of hydrogen-bond acceptors (Lipinski definition) is 5. The average Bonchev–Trinajstić information content (AvgIpc) is 3.29. The number of aryl methyl sites for hydroxylation is 1. The van der Waals surface area contributed by atoms with E-state index in [0.717, 1.165) is 29.3 Å². The molecule has 3 aromatic rings. The van der Waals surface area contributed by atoms with Crippen molar-refractivity contribution in [2.45, 2.75) is 37.3 Å². The maximum atomic E-state index is 14.5. The van der Waals surface area contributed by atoms with E-state index in [-0.39, 0.29) is 23.6 Å². The van der Waals surface area contributed by atoms with Gasteiger partial charge < -0.3 is 20.5 Å². The first kappa shape index (κ1) is 28.1. The maximum absolute atomic E-state index is 14.5. The van der Waals surface area contributed by atoms with E-state index in [2.05, 4.69) is 10.3 Å². The standard InChI is InChI=1S/C30H27F4N3O4/c1-29(28(35)39)15-41-26-22(29)13-24(37-25(26)16-5-8-20(31)9-6-16)23(30(32,33)34)14-36-27(38)19-4-3-18-12-21(40-2)10-7-17(18)11-19/h5-13,23H,3-4,14-15H2,1-2H3,(H2,35,39)(H,36,38)/t23?,29-/m0/s1. The number of carbonyl (C=O) groups is 2. The van der Waals surface area contributed by atoms with Crippen molar-refractivity contribution in [2.24, 2.45) is 5.73 Å². The molecule has 2 aromatic carbocycles. The van der Waals surface area contributed by atoms with Gasteiger partial charge in [-0.15, -0.1) is 0 Å². The van der Waals surface area contributed by atoms with Gasteiger partial charge in [-0.1, -0.05) is 6.07 Å². The topological polar surface area (TPSA) is 104 Å². The summed E-state index contributed by atoms with van der Waals surface area (Å²) >= 11 is 0. The van der Waals surface area contributed by atoms with Crippen molar-refractivity contribution in [2.75, 3.05) is 20.3 Å². The second kappa shape index (κ2) is 10.5. The smallest absolute Gasteiger partial charge is 0.398 e. The number of benzene rings is 2. The van der Waals surface area contributed by atoms with Crippen LogP contribution in [0, 0.1) is 5.82 Å². The first-order valence-corrected chi connectivity index (χ1v) is 12.9. The van der Waals surface area contributed by atoms with Crippen molar-refractivity contribution in [3.05, 3.63) is 82.3 Å². The lowest BCUT2D eigenvalue weighted by atomic mass is 9.82. The highest BCUT2D eigenvalue weighted by Crippen LogP contribution is 2.46. The molecule has 2 amide bonds. The Kier molecular flexibility index (Phi) is 7.23. The van der Waals surface area contributed by atoms with E-state index in [1.807, 2.05) is 6.07 Å². The minimum Gasteiger partial charge on any atom is -0.497 e. The van der Waals surface area contributed by atoms with Gasteiger partial charge in [0, 0.05) is 23.2 Å².